The number of nitrogen functional groups attached to an aromatic ring is 1. The smallest absolute Gasteiger partial charge is 0.319 e. The van der Waals surface area contributed by atoms with Crippen LogP contribution in [0, 0.1) is 6.92 Å². The summed E-state index contributed by atoms with van der Waals surface area (Å²) in [4.78, 5) is 0. The lowest BCUT2D eigenvalue weighted by molar-refractivity contribution is 0.396. The molecule has 134 valence electrons. The molecule has 1 atom stereocenters. The molecule has 1 aliphatic rings. The highest BCUT2D eigenvalue weighted by molar-refractivity contribution is 6.54. The van der Waals surface area contributed by atoms with Crippen LogP contribution in [0.2, 0.25) is 0 Å². The first kappa shape index (κ1) is 18.1. The second-order valence-corrected chi connectivity index (χ2v) is 6.87. The molecule has 0 spiro atoms. The zero-order valence-corrected chi connectivity index (χ0v) is 15.4. The number of nitrogens with one attached hydrogen (secondary N) is 1. The summed E-state index contributed by atoms with van der Waals surface area (Å²) in [5, 5.41) is 13.4. The van der Waals surface area contributed by atoms with Crippen molar-refractivity contribution in [2.75, 3.05) is 12.8 Å². The van der Waals surface area contributed by atoms with Gasteiger partial charge in [0.05, 0.1) is 0 Å². The standard InChI is InChI=1S/C21H25BN2O2/c1-13-8-9-16(10-20(13)23)14(2)24-21-11-17-6-5-7-18(15(3)25)19(17)12-22(21)26-4/h5-10,21,24-25H,2-3,11-12,23H2,1,4H3. The first-order chi connectivity index (χ1) is 12.4. The number of hydrogen-bond donors (Lipinski definition) is 3. The van der Waals surface area contributed by atoms with Crippen molar-refractivity contribution in [2.24, 2.45) is 0 Å². The normalized spacial score (nSPS) is 16.1. The van der Waals surface area contributed by atoms with Gasteiger partial charge in [-0.05, 0) is 48.0 Å². The average Bonchev–Trinajstić information content (AvgIpc) is 2.62. The summed E-state index contributed by atoms with van der Waals surface area (Å²) in [6, 6.07) is 11.9. The fourth-order valence-corrected chi connectivity index (χ4v) is 3.58. The second kappa shape index (κ2) is 7.30. The van der Waals surface area contributed by atoms with Gasteiger partial charge >= 0.3 is 6.92 Å². The summed E-state index contributed by atoms with van der Waals surface area (Å²) in [5.41, 5.74) is 12.7. The maximum atomic E-state index is 9.87. The molecule has 1 heterocycles. The van der Waals surface area contributed by atoms with Crippen molar-refractivity contribution >= 4 is 24.1 Å². The summed E-state index contributed by atoms with van der Waals surface area (Å²) in [6.07, 6.45) is 1.50. The third-order valence-electron chi connectivity index (χ3n) is 5.17. The molecule has 4 nitrogen and oxygen atoms in total. The van der Waals surface area contributed by atoms with E-state index in [-0.39, 0.29) is 18.6 Å². The van der Waals surface area contributed by atoms with Crippen LogP contribution in [0.25, 0.3) is 11.5 Å². The van der Waals surface area contributed by atoms with Gasteiger partial charge in [-0.15, -0.1) is 0 Å². The summed E-state index contributed by atoms with van der Waals surface area (Å²) in [6.45, 7) is 9.83. The molecule has 0 saturated heterocycles. The van der Waals surface area contributed by atoms with Crippen molar-refractivity contribution in [3.63, 3.8) is 0 Å². The topological polar surface area (TPSA) is 67.5 Å². The Morgan fingerprint density at radius 3 is 2.73 bits per heavy atom. The molecule has 1 aliphatic heterocycles. The van der Waals surface area contributed by atoms with E-state index in [4.69, 9.17) is 10.4 Å². The minimum Gasteiger partial charge on any atom is -0.508 e. The maximum absolute atomic E-state index is 9.87. The first-order valence-electron chi connectivity index (χ1n) is 8.74. The van der Waals surface area contributed by atoms with Crippen molar-refractivity contribution in [2.45, 2.75) is 25.6 Å². The predicted molar refractivity (Wildman–Crippen MR) is 110 cm³/mol. The van der Waals surface area contributed by atoms with E-state index in [0.717, 1.165) is 40.1 Å². The quantitative estimate of drug-likeness (QED) is 0.439. The summed E-state index contributed by atoms with van der Waals surface area (Å²) in [5.74, 6) is 0.187. The van der Waals surface area contributed by atoms with Gasteiger partial charge in [0, 0.05) is 30.0 Å². The average molecular weight is 348 g/mol. The molecule has 2 aromatic carbocycles. The lowest BCUT2D eigenvalue weighted by atomic mass is 9.50. The van der Waals surface area contributed by atoms with Gasteiger partial charge in [-0.2, -0.15) is 0 Å². The monoisotopic (exact) mass is 348 g/mol. The van der Waals surface area contributed by atoms with Crippen molar-refractivity contribution in [3.05, 3.63) is 77.4 Å². The van der Waals surface area contributed by atoms with Crippen LogP contribution in [0.15, 0.2) is 49.6 Å². The third-order valence-corrected chi connectivity index (χ3v) is 5.17. The van der Waals surface area contributed by atoms with E-state index in [0.29, 0.717) is 6.32 Å². The summed E-state index contributed by atoms with van der Waals surface area (Å²) < 4.78 is 5.74. The molecule has 0 bridgehead atoms. The highest BCUT2D eigenvalue weighted by Crippen LogP contribution is 2.28. The fourth-order valence-electron chi connectivity index (χ4n) is 3.58. The Hall–Kier alpha value is -2.66. The largest absolute Gasteiger partial charge is 0.508 e. The second-order valence-electron chi connectivity index (χ2n) is 6.87. The van der Waals surface area contributed by atoms with Crippen molar-refractivity contribution < 1.29 is 9.76 Å². The van der Waals surface area contributed by atoms with Crippen molar-refractivity contribution in [1.29, 1.82) is 0 Å². The highest BCUT2D eigenvalue weighted by Gasteiger charge is 2.34. The first-order valence-corrected chi connectivity index (χ1v) is 8.74. The fraction of sp³-hybridized carbons (Fsp3) is 0.238. The Labute approximate surface area is 155 Å². The van der Waals surface area contributed by atoms with E-state index < -0.39 is 0 Å². The van der Waals surface area contributed by atoms with Crippen LogP contribution < -0.4 is 11.1 Å². The molecule has 0 amide bonds. The van der Waals surface area contributed by atoms with Crippen LogP contribution in [-0.4, -0.2) is 25.1 Å². The molecule has 26 heavy (non-hydrogen) atoms. The molecular formula is C21H25BN2O2. The van der Waals surface area contributed by atoms with E-state index >= 15 is 0 Å². The van der Waals surface area contributed by atoms with E-state index in [1.54, 1.807) is 7.11 Å². The highest BCUT2D eigenvalue weighted by atomic mass is 16.4. The molecule has 2 aromatic rings. The number of aryl methyl sites for hydroxylation is 1. The van der Waals surface area contributed by atoms with E-state index in [1.165, 1.54) is 5.56 Å². The van der Waals surface area contributed by atoms with Crippen LogP contribution in [0.5, 0.6) is 0 Å². The van der Waals surface area contributed by atoms with Crippen LogP contribution in [-0.2, 0) is 17.4 Å². The number of rotatable bonds is 5. The van der Waals surface area contributed by atoms with E-state index in [9.17, 15) is 5.11 Å². The van der Waals surface area contributed by atoms with Gasteiger partial charge in [-0.25, -0.2) is 0 Å². The van der Waals surface area contributed by atoms with Crippen LogP contribution >= 0.6 is 0 Å². The third kappa shape index (κ3) is 3.49. The predicted octanol–water partition coefficient (Wildman–Crippen LogP) is 3.55. The lowest BCUT2D eigenvalue weighted by Gasteiger charge is -2.32. The molecule has 0 saturated carbocycles. The summed E-state index contributed by atoms with van der Waals surface area (Å²) in [7, 11) is 1.72. The SMILES string of the molecule is C=C(NC1Cc2cccc(C(=C)O)c2CB1OC)c1ccc(C)c(N)c1. The number of aliphatic hydroxyl groups excluding tert-OH is 1. The minimum atomic E-state index is -0.0254. The summed E-state index contributed by atoms with van der Waals surface area (Å²) >= 11 is 0. The Kier molecular flexibility index (Phi) is 5.09. The van der Waals surface area contributed by atoms with Crippen molar-refractivity contribution in [3.8, 4) is 0 Å². The molecule has 3 rings (SSSR count). The molecule has 0 aromatic heterocycles. The van der Waals surface area contributed by atoms with Gasteiger partial charge in [-0.1, -0.05) is 43.5 Å². The molecule has 4 N–H and O–H groups in total. The van der Waals surface area contributed by atoms with Gasteiger partial charge in [0.15, 0.2) is 0 Å². The van der Waals surface area contributed by atoms with Gasteiger partial charge in [0.25, 0.3) is 0 Å². The van der Waals surface area contributed by atoms with Crippen LogP contribution in [0.4, 0.5) is 5.69 Å². The molecular weight excluding hydrogens is 323 g/mol. The number of anilines is 1. The number of benzene rings is 2. The molecule has 1 unspecified atom stereocenters. The Morgan fingerprint density at radius 1 is 1.31 bits per heavy atom. The van der Waals surface area contributed by atoms with Crippen LogP contribution in [0.3, 0.4) is 0 Å². The maximum Gasteiger partial charge on any atom is 0.319 e. The number of hydrogen-bond acceptors (Lipinski definition) is 4. The lowest BCUT2D eigenvalue weighted by Crippen LogP contribution is -2.49. The van der Waals surface area contributed by atoms with E-state index in [1.807, 2.05) is 37.3 Å². The zero-order chi connectivity index (χ0) is 18.8. The zero-order valence-electron chi connectivity index (χ0n) is 15.4. The molecule has 0 radical (unpaired) electrons. The Balaban J connectivity index is 1.84. The number of aliphatic hydroxyl groups is 1. The van der Waals surface area contributed by atoms with Gasteiger partial charge in [0.2, 0.25) is 0 Å². The van der Waals surface area contributed by atoms with Gasteiger partial charge < -0.3 is 20.8 Å². The minimum absolute atomic E-state index is 0.0254. The number of fused-ring (bicyclic) bond motifs is 1. The van der Waals surface area contributed by atoms with Crippen LogP contribution in [0.1, 0.15) is 27.8 Å². The Bertz CT molecular complexity index is 863. The van der Waals surface area contributed by atoms with Crippen molar-refractivity contribution in [1.82, 2.24) is 5.32 Å². The number of nitrogens with two attached hydrogens (primary N) is 1. The van der Waals surface area contributed by atoms with E-state index in [2.05, 4.69) is 24.5 Å². The molecule has 5 heteroatoms. The molecule has 0 aliphatic carbocycles. The van der Waals surface area contributed by atoms with Gasteiger partial charge in [-0.3, -0.25) is 0 Å². The molecule has 0 fully saturated rings. The Morgan fingerprint density at radius 2 is 2.08 bits per heavy atom. The van der Waals surface area contributed by atoms with Gasteiger partial charge in [0.1, 0.15) is 5.76 Å².